The van der Waals surface area contributed by atoms with Crippen molar-refractivity contribution in [3.8, 4) is 0 Å². The molecule has 0 fully saturated rings. The second-order valence-electron chi connectivity index (χ2n) is 8.15. The number of fused-ring (bicyclic) bond motifs is 2. The molecule has 2 aromatic heterocycles. The van der Waals surface area contributed by atoms with Crippen LogP contribution in [0.5, 0.6) is 0 Å². The average molecular weight is 362 g/mol. The first kappa shape index (κ1) is 18.1. The first-order chi connectivity index (χ1) is 11.7. The Morgan fingerprint density at radius 3 is 2.88 bits per heavy atom. The van der Waals surface area contributed by atoms with Gasteiger partial charge in [0, 0.05) is 17.1 Å². The number of carbonyl (C=O) groups is 1. The fraction of sp³-hybridized carbons (Fsp3) is 0.579. The van der Waals surface area contributed by atoms with Gasteiger partial charge in [-0.2, -0.15) is 0 Å². The lowest BCUT2D eigenvalue weighted by Gasteiger charge is -2.34. The van der Waals surface area contributed by atoms with E-state index in [1.807, 2.05) is 0 Å². The van der Waals surface area contributed by atoms with Crippen LogP contribution in [0.15, 0.2) is 6.07 Å². The molecule has 2 atom stereocenters. The van der Waals surface area contributed by atoms with Crippen LogP contribution in [-0.2, 0) is 12.8 Å². The van der Waals surface area contributed by atoms with Gasteiger partial charge in [-0.15, -0.1) is 11.3 Å². The molecule has 0 bridgehead atoms. The van der Waals surface area contributed by atoms with Gasteiger partial charge in [0.1, 0.15) is 9.71 Å². The van der Waals surface area contributed by atoms with E-state index in [4.69, 9.17) is 15.8 Å². The zero-order valence-electron chi connectivity index (χ0n) is 15.3. The Hall–Kier alpha value is -1.66. The van der Waals surface area contributed by atoms with E-state index < -0.39 is 0 Å². The predicted molar refractivity (Wildman–Crippen MR) is 103 cm³/mol. The molecule has 6 heteroatoms. The fourth-order valence-electron chi connectivity index (χ4n) is 3.43. The van der Waals surface area contributed by atoms with E-state index in [9.17, 15) is 4.79 Å². The number of nitrogens with two attached hydrogens (primary N) is 1. The van der Waals surface area contributed by atoms with Crippen LogP contribution >= 0.6 is 11.3 Å². The zero-order chi connectivity index (χ0) is 18.4. The molecule has 2 heterocycles. The molecular formula is C19H27N3O2S. The van der Waals surface area contributed by atoms with Gasteiger partial charge in [-0.1, -0.05) is 20.8 Å². The number of anilines is 1. The smallest absolute Gasteiger partial charge is 0.263 e. The SMILES string of the molecule is C[C@H](CO)NC(=O)c1sc2nc3c(cc2c1N)CC(C(C)(C)C)CC3. The maximum Gasteiger partial charge on any atom is 0.263 e. The van der Waals surface area contributed by atoms with Crippen LogP contribution in [0.2, 0.25) is 0 Å². The van der Waals surface area contributed by atoms with Crippen molar-refractivity contribution in [2.24, 2.45) is 11.3 Å². The van der Waals surface area contributed by atoms with Gasteiger partial charge in [0.05, 0.1) is 12.3 Å². The third kappa shape index (κ3) is 3.51. The number of aliphatic hydroxyl groups excluding tert-OH is 1. The Bertz CT molecular complexity index is 807. The second kappa shape index (κ2) is 6.57. The number of hydrogen-bond donors (Lipinski definition) is 3. The van der Waals surface area contributed by atoms with Gasteiger partial charge in [-0.05, 0) is 49.1 Å². The molecule has 0 aromatic carbocycles. The Morgan fingerprint density at radius 2 is 2.24 bits per heavy atom. The summed E-state index contributed by atoms with van der Waals surface area (Å²) in [6.07, 6.45) is 3.14. The molecule has 1 unspecified atom stereocenters. The van der Waals surface area contributed by atoms with Crippen LogP contribution in [0.4, 0.5) is 5.69 Å². The molecule has 0 saturated heterocycles. The molecule has 0 radical (unpaired) electrons. The Balaban J connectivity index is 1.96. The first-order valence-corrected chi connectivity index (χ1v) is 9.64. The summed E-state index contributed by atoms with van der Waals surface area (Å²) in [6, 6.07) is 1.83. The Kier molecular flexibility index (Phi) is 4.77. The number of carbonyl (C=O) groups excluding carboxylic acids is 1. The Labute approximate surface area is 152 Å². The lowest BCUT2D eigenvalue weighted by atomic mass is 9.71. The van der Waals surface area contributed by atoms with E-state index in [1.54, 1.807) is 6.92 Å². The molecule has 3 rings (SSSR count). The van der Waals surface area contributed by atoms with Crippen molar-refractivity contribution in [1.82, 2.24) is 10.3 Å². The van der Waals surface area contributed by atoms with E-state index in [-0.39, 0.29) is 24.0 Å². The van der Waals surface area contributed by atoms with Gasteiger partial charge >= 0.3 is 0 Å². The van der Waals surface area contributed by atoms with Crippen LogP contribution in [0, 0.1) is 11.3 Å². The minimum absolute atomic E-state index is 0.0999. The van der Waals surface area contributed by atoms with E-state index in [2.05, 4.69) is 32.2 Å². The van der Waals surface area contributed by atoms with Gasteiger partial charge < -0.3 is 16.2 Å². The van der Waals surface area contributed by atoms with Gasteiger partial charge in [0.2, 0.25) is 0 Å². The number of amides is 1. The highest BCUT2D eigenvalue weighted by molar-refractivity contribution is 7.21. The minimum atomic E-state index is -0.300. The molecule has 5 nitrogen and oxygen atoms in total. The third-order valence-corrected chi connectivity index (χ3v) is 6.28. The van der Waals surface area contributed by atoms with Crippen molar-refractivity contribution >= 4 is 33.1 Å². The molecule has 1 aliphatic carbocycles. The number of nitrogens with zero attached hydrogens (tertiary/aromatic N) is 1. The van der Waals surface area contributed by atoms with E-state index >= 15 is 0 Å². The number of nitrogens with one attached hydrogen (secondary N) is 1. The number of hydrogen-bond acceptors (Lipinski definition) is 5. The molecule has 1 aliphatic rings. The predicted octanol–water partition coefficient (Wildman–Crippen LogP) is 3.14. The summed E-state index contributed by atoms with van der Waals surface area (Å²) in [5.74, 6) is 0.389. The van der Waals surface area contributed by atoms with Crippen molar-refractivity contribution in [1.29, 1.82) is 0 Å². The van der Waals surface area contributed by atoms with Crippen LogP contribution in [0.25, 0.3) is 10.2 Å². The van der Waals surface area contributed by atoms with E-state index in [0.717, 1.165) is 35.2 Å². The summed E-state index contributed by atoms with van der Waals surface area (Å²) < 4.78 is 0. The number of nitrogen functional groups attached to an aromatic ring is 1. The van der Waals surface area contributed by atoms with Crippen molar-refractivity contribution in [3.05, 3.63) is 22.2 Å². The third-order valence-electron chi connectivity index (χ3n) is 5.17. The maximum absolute atomic E-state index is 12.4. The number of aryl methyl sites for hydroxylation is 1. The number of thiophene rings is 1. The molecule has 136 valence electrons. The second-order valence-corrected chi connectivity index (χ2v) is 9.15. The lowest BCUT2D eigenvalue weighted by molar-refractivity contribution is 0.0927. The highest BCUT2D eigenvalue weighted by Gasteiger charge is 2.30. The highest BCUT2D eigenvalue weighted by atomic mass is 32.1. The molecule has 1 amide bonds. The largest absolute Gasteiger partial charge is 0.397 e. The summed E-state index contributed by atoms with van der Waals surface area (Å²) in [5.41, 5.74) is 9.44. The van der Waals surface area contributed by atoms with Crippen molar-refractivity contribution in [2.45, 2.75) is 53.0 Å². The summed E-state index contributed by atoms with van der Waals surface area (Å²) >= 11 is 1.33. The molecule has 25 heavy (non-hydrogen) atoms. The standard InChI is InChI=1S/C19H27N3O2S/c1-10(9-23)21-17(24)16-15(20)13-8-11-7-12(19(2,3)4)5-6-14(11)22-18(13)25-16/h8,10,12,23H,5-7,9,20H2,1-4H3,(H,21,24)/t10-,12?/m1/s1. The summed E-state index contributed by atoms with van der Waals surface area (Å²) in [5, 5.41) is 12.8. The quantitative estimate of drug-likeness (QED) is 0.784. The van der Waals surface area contributed by atoms with E-state index in [0.29, 0.717) is 16.5 Å². The molecule has 4 N–H and O–H groups in total. The first-order valence-electron chi connectivity index (χ1n) is 8.83. The summed E-state index contributed by atoms with van der Waals surface area (Å²) in [7, 11) is 0. The summed E-state index contributed by atoms with van der Waals surface area (Å²) in [6.45, 7) is 8.53. The normalized spacial score (nSPS) is 18.8. The molecule has 0 aliphatic heterocycles. The lowest BCUT2D eigenvalue weighted by Crippen LogP contribution is -2.34. The molecular weight excluding hydrogens is 334 g/mol. The van der Waals surface area contributed by atoms with Crippen molar-refractivity contribution in [2.75, 3.05) is 12.3 Å². The number of aliphatic hydroxyl groups is 1. The van der Waals surface area contributed by atoms with Gasteiger partial charge in [0.25, 0.3) is 5.91 Å². The number of rotatable bonds is 3. The molecule has 2 aromatic rings. The van der Waals surface area contributed by atoms with Crippen LogP contribution < -0.4 is 11.1 Å². The van der Waals surface area contributed by atoms with Crippen LogP contribution in [0.1, 0.15) is 55.0 Å². The van der Waals surface area contributed by atoms with Gasteiger partial charge in [0.15, 0.2) is 0 Å². The maximum atomic E-state index is 12.4. The zero-order valence-corrected chi connectivity index (χ0v) is 16.2. The van der Waals surface area contributed by atoms with Gasteiger partial charge in [-0.25, -0.2) is 4.98 Å². The fourth-order valence-corrected chi connectivity index (χ4v) is 4.43. The highest BCUT2D eigenvalue weighted by Crippen LogP contribution is 2.40. The molecule has 0 saturated carbocycles. The van der Waals surface area contributed by atoms with E-state index in [1.165, 1.54) is 16.9 Å². The number of pyridine rings is 1. The monoisotopic (exact) mass is 361 g/mol. The summed E-state index contributed by atoms with van der Waals surface area (Å²) in [4.78, 5) is 18.5. The minimum Gasteiger partial charge on any atom is -0.397 e. The number of aromatic nitrogens is 1. The van der Waals surface area contributed by atoms with Crippen LogP contribution in [-0.4, -0.2) is 28.6 Å². The average Bonchev–Trinajstić information content (AvgIpc) is 2.87. The van der Waals surface area contributed by atoms with Crippen LogP contribution in [0.3, 0.4) is 0 Å². The topological polar surface area (TPSA) is 88.2 Å². The molecule has 0 spiro atoms. The van der Waals surface area contributed by atoms with Crippen molar-refractivity contribution in [3.63, 3.8) is 0 Å². The van der Waals surface area contributed by atoms with Gasteiger partial charge in [-0.3, -0.25) is 4.79 Å². The van der Waals surface area contributed by atoms with Crippen molar-refractivity contribution < 1.29 is 9.90 Å². The Morgan fingerprint density at radius 1 is 1.52 bits per heavy atom.